The molecule has 11 heteroatoms. The normalized spacial score (nSPS) is 62.5. The summed E-state index contributed by atoms with van der Waals surface area (Å²) >= 11 is 0. The molecule has 0 aromatic heterocycles. The highest BCUT2D eigenvalue weighted by atomic mass is 16.8. The van der Waals surface area contributed by atoms with Gasteiger partial charge in [0, 0.05) is 12.1 Å². The van der Waals surface area contributed by atoms with Crippen molar-refractivity contribution in [3.8, 4) is 0 Å². The number of aliphatic hydroxyl groups is 6. The number of aliphatic hydroxyl groups excluding tert-OH is 6. The van der Waals surface area contributed by atoms with Gasteiger partial charge in [-0.15, -0.1) is 0 Å². The van der Waals surface area contributed by atoms with Gasteiger partial charge in [-0.1, -0.05) is 5.82 Å². The van der Waals surface area contributed by atoms with Gasteiger partial charge in [0.15, 0.2) is 12.1 Å². The molecule has 4 fully saturated rings. The van der Waals surface area contributed by atoms with Crippen LogP contribution in [-0.2, 0) is 18.8 Å². The standard InChI is InChI=1S/C11H18BO10/c13-1-4-5(16)7-10(2-14,19-4)12(7)21-8-6(17)9(18)20-11(8,3-15)22-12/h4-9,13-18H,1-3H2/q-1/t4-,5-,6+,7+,8+,9+,10-,11+,12?/m1/s1. The Hall–Kier alpha value is -0.335. The molecule has 126 valence electrons. The number of hydrogen-bond donors (Lipinski definition) is 6. The molecule has 4 saturated heterocycles. The summed E-state index contributed by atoms with van der Waals surface area (Å²) in [6, 6.07) is 0. The van der Waals surface area contributed by atoms with Crippen LogP contribution in [0.5, 0.6) is 0 Å². The maximum atomic E-state index is 10.2. The lowest BCUT2D eigenvalue weighted by Gasteiger charge is -2.35. The Labute approximate surface area is 124 Å². The van der Waals surface area contributed by atoms with Crippen molar-refractivity contribution >= 4 is 6.55 Å². The van der Waals surface area contributed by atoms with Crippen LogP contribution in [0.1, 0.15) is 0 Å². The summed E-state index contributed by atoms with van der Waals surface area (Å²) in [6.07, 6.45) is -6.21. The minimum atomic E-state index is -2.40. The Kier molecular flexibility index (Phi) is 3.03. The number of fused-ring (bicyclic) bond motifs is 4. The van der Waals surface area contributed by atoms with E-state index in [-0.39, 0.29) is 0 Å². The topological polar surface area (TPSA) is 158 Å². The van der Waals surface area contributed by atoms with E-state index in [0.29, 0.717) is 0 Å². The minimum absolute atomic E-state index is 0.433. The van der Waals surface area contributed by atoms with E-state index in [1.165, 1.54) is 0 Å². The summed E-state index contributed by atoms with van der Waals surface area (Å²) in [5.74, 6) is -2.53. The molecule has 0 amide bonds. The van der Waals surface area contributed by atoms with E-state index in [9.17, 15) is 30.6 Å². The lowest BCUT2D eigenvalue weighted by Crippen LogP contribution is -2.48. The number of ether oxygens (including phenoxy) is 2. The molecule has 0 radical (unpaired) electrons. The van der Waals surface area contributed by atoms with E-state index in [1.807, 2.05) is 0 Å². The summed E-state index contributed by atoms with van der Waals surface area (Å²) in [6.45, 7) is -4.05. The fourth-order valence-electron chi connectivity index (χ4n) is 4.39. The van der Waals surface area contributed by atoms with Crippen LogP contribution in [0.2, 0.25) is 5.82 Å². The van der Waals surface area contributed by atoms with Crippen molar-refractivity contribution in [3.05, 3.63) is 0 Å². The van der Waals surface area contributed by atoms with E-state index >= 15 is 0 Å². The zero-order valence-electron chi connectivity index (χ0n) is 11.5. The van der Waals surface area contributed by atoms with E-state index in [2.05, 4.69) is 0 Å². The monoisotopic (exact) mass is 321 g/mol. The van der Waals surface area contributed by atoms with Crippen molar-refractivity contribution in [2.45, 2.75) is 47.8 Å². The second-order valence-electron chi connectivity index (χ2n) is 6.38. The van der Waals surface area contributed by atoms with Crippen molar-refractivity contribution < 1.29 is 49.4 Å². The quantitative estimate of drug-likeness (QED) is 0.281. The molecule has 1 unspecified atom stereocenters. The van der Waals surface area contributed by atoms with Gasteiger partial charge in [0.05, 0.1) is 25.4 Å². The Bertz CT molecular complexity index is 493. The van der Waals surface area contributed by atoms with Crippen molar-refractivity contribution in [2.24, 2.45) is 0 Å². The first-order valence-electron chi connectivity index (χ1n) is 7.16. The van der Waals surface area contributed by atoms with Gasteiger partial charge in [0.1, 0.15) is 12.2 Å². The molecule has 6 N–H and O–H groups in total. The van der Waals surface area contributed by atoms with Crippen molar-refractivity contribution in [3.63, 3.8) is 0 Å². The summed E-state index contributed by atoms with van der Waals surface area (Å²) in [7, 11) is 0. The molecule has 4 rings (SSSR count). The summed E-state index contributed by atoms with van der Waals surface area (Å²) in [4.78, 5) is 0. The highest BCUT2D eigenvalue weighted by molar-refractivity contribution is 6.85. The van der Waals surface area contributed by atoms with Crippen LogP contribution in [0.4, 0.5) is 0 Å². The van der Waals surface area contributed by atoms with Gasteiger partial charge in [0.25, 0.3) is 6.55 Å². The number of rotatable bonds is 3. The molecular formula is C11H18BO10-. The van der Waals surface area contributed by atoms with E-state index in [1.54, 1.807) is 0 Å². The van der Waals surface area contributed by atoms with Gasteiger partial charge in [-0.25, -0.2) is 0 Å². The zero-order valence-corrected chi connectivity index (χ0v) is 11.5. The first-order chi connectivity index (χ1) is 10.4. The molecule has 4 heterocycles. The van der Waals surface area contributed by atoms with Crippen LogP contribution in [0.15, 0.2) is 0 Å². The molecule has 1 spiro atoms. The van der Waals surface area contributed by atoms with Gasteiger partial charge in [0.2, 0.25) is 0 Å². The molecule has 4 aliphatic heterocycles. The fraction of sp³-hybridized carbons (Fsp3) is 1.00. The third-order valence-corrected chi connectivity index (χ3v) is 5.46. The van der Waals surface area contributed by atoms with Gasteiger partial charge in [-0.3, -0.25) is 0 Å². The third-order valence-electron chi connectivity index (χ3n) is 5.46. The van der Waals surface area contributed by atoms with Gasteiger partial charge in [-0.2, -0.15) is 0 Å². The summed E-state index contributed by atoms with van der Waals surface area (Å²) < 4.78 is 22.1. The van der Waals surface area contributed by atoms with Crippen LogP contribution in [0.3, 0.4) is 0 Å². The van der Waals surface area contributed by atoms with Crippen LogP contribution in [0, 0.1) is 0 Å². The van der Waals surface area contributed by atoms with Crippen LogP contribution < -0.4 is 0 Å². The fourth-order valence-corrected chi connectivity index (χ4v) is 4.39. The first-order valence-corrected chi connectivity index (χ1v) is 7.16. The predicted octanol–water partition coefficient (Wildman–Crippen LogP) is -4.35. The van der Waals surface area contributed by atoms with Crippen molar-refractivity contribution in [1.29, 1.82) is 0 Å². The minimum Gasteiger partial charge on any atom is -0.558 e. The van der Waals surface area contributed by atoms with Gasteiger partial charge in [-0.05, 0) is 0 Å². The average Bonchev–Trinajstić information content (AvgIpc) is 2.75. The van der Waals surface area contributed by atoms with Crippen LogP contribution in [0.25, 0.3) is 0 Å². The third kappa shape index (κ3) is 1.41. The van der Waals surface area contributed by atoms with Crippen LogP contribution in [-0.4, -0.2) is 99.0 Å². The van der Waals surface area contributed by atoms with E-state index in [4.69, 9.17) is 18.8 Å². The highest BCUT2D eigenvalue weighted by Crippen LogP contribution is 2.72. The molecule has 0 saturated carbocycles. The summed E-state index contributed by atoms with van der Waals surface area (Å²) in [5.41, 5.74) is -1.35. The lowest BCUT2D eigenvalue weighted by molar-refractivity contribution is -0.242. The maximum absolute atomic E-state index is 10.2. The zero-order chi connectivity index (χ0) is 15.9. The Balaban J connectivity index is 1.67. The molecule has 0 aromatic rings. The van der Waals surface area contributed by atoms with Crippen molar-refractivity contribution in [1.82, 2.24) is 0 Å². The van der Waals surface area contributed by atoms with E-state index < -0.39 is 74.2 Å². The largest absolute Gasteiger partial charge is 0.558 e. The second kappa shape index (κ2) is 4.39. The summed E-state index contributed by atoms with van der Waals surface area (Å²) in [5, 5.41) is 58.1. The Morgan fingerprint density at radius 1 is 0.955 bits per heavy atom. The first kappa shape index (κ1) is 15.2. The van der Waals surface area contributed by atoms with Gasteiger partial charge >= 0.3 is 0 Å². The second-order valence-corrected chi connectivity index (χ2v) is 6.38. The predicted molar refractivity (Wildman–Crippen MR) is 66.2 cm³/mol. The molecule has 22 heavy (non-hydrogen) atoms. The van der Waals surface area contributed by atoms with Crippen LogP contribution >= 0.6 is 0 Å². The number of hydrogen-bond acceptors (Lipinski definition) is 10. The smallest absolute Gasteiger partial charge is 0.278 e. The lowest BCUT2D eigenvalue weighted by atomic mass is 9.71. The molecule has 0 aliphatic carbocycles. The molecular weight excluding hydrogens is 303 g/mol. The molecule has 10 nitrogen and oxygen atoms in total. The molecule has 9 atom stereocenters. The average molecular weight is 321 g/mol. The van der Waals surface area contributed by atoms with E-state index in [0.717, 1.165) is 0 Å². The SMILES string of the molecule is OC[C@H]1O[C@]2(CO)[C@H]([C@@H]1O)[B-]21O[C@H]2[C@H](O)[C@@H](O)O[C@@]2(CO)O1. The van der Waals surface area contributed by atoms with Gasteiger partial charge < -0.3 is 49.4 Å². The van der Waals surface area contributed by atoms with Crippen molar-refractivity contribution in [2.75, 3.05) is 19.8 Å². The highest BCUT2D eigenvalue weighted by Gasteiger charge is 2.86. The maximum Gasteiger partial charge on any atom is 0.278 e. The Morgan fingerprint density at radius 3 is 2.18 bits per heavy atom. The molecule has 0 bridgehead atoms. The Morgan fingerprint density at radius 2 is 1.68 bits per heavy atom. The molecule has 4 aliphatic rings. The molecule has 0 aromatic carbocycles.